The summed E-state index contributed by atoms with van der Waals surface area (Å²) in [5.41, 5.74) is 10.0. The van der Waals surface area contributed by atoms with Crippen molar-refractivity contribution in [3.8, 4) is 5.88 Å². The third-order valence-corrected chi connectivity index (χ3v) is 12.6. The van der Waals surface area contributed by atoms with Crippen molar-refractivity contribution in [2.75, 3.05) is 79.4 Å². The molecule has 16 nitrogen and oxygen atoms in total. The number of hydrogen-bond donors (Lipinski definition) is 3. The summed E-state index contributed by atoms with van der Waals surface area (Å²) in [4.78, 5) is 61.1. The van der Waals surface area contributed by atoms with E-state index < -0.39 is 5.92 Å². The number of piperidine rings is 1. The third-order valence-electron chi connectivity index (χ3n) is 12.6. The van der Waals surface area contributed by atoms with E-state index in [0.29, 0.717) is 63.4 Å². The number of ether oxygens (including phenoxy) is 1. The van der Waals surface area contributed by atoms with Gasteiger partial charge in [-0.3, -0.25) is 29.3 Å². The highest BCUT2D eigenvalue weighted by Crippen LogP contribution is 2.38. The van der Waals surface area contributed by atoms with E-state index in [9.17, 15) is 14.4 Å². The molecule has 3 saturated heterocycles. The predicted molar refractivity (Wildman–Crippen MR) is 223 cm³/mol. The molecule has 3 fully saturated rings. The average Bonchev–Trinajstić information content (AvgIpc) is 3.57. The Hall–Kier alpha value is -6.29. The first-order valence-corrected chi connectivity index (χ1v) is 20.6. The first kappa shape index (κ1) is 37.0. The Bertz CT molecular complexity index is 2460. The Kier molecular flexibility index (Phi) is 9.50. The summed E-state index contributed by atoms with van der Waals surface area (Å²) in [5.74, 6) is 0.436. The van der Waals surface area contributed by atoms with Crippen molar-refractivity contribution < 1.29 is 19.1 Å². The lowest BCUT2D eigenvalue weighted by Gasteiger charge is -2.49. The van der Waals surface area contributed by atoms with Gasteiger partial charge in [0.15, 0.2) is 0 Å². The number of pyridine rings is 1. The molecule has 0 spiro atoms. The molecule has 0 radical (unpaired) electrons. The molecule has 1 unspecified atom stereocenters. The highest BCUT2D eigenvalue weighted by Gasteiger charge is 2.37. The fourth-order valence-electron chi connectivity index (χ4n) is 9.25. The maximum absolute atomic E-state index is 13.4. The molecule has 0 bridgehead atoms. The number of hydrogen-bond acceptors (Lipinski definition) is 13. The summed E-state index contributed by atoms with van der Waals surface area (Å²) in [6, 6.07) is 14.5. The standard InChI is InChI=1S/C43H48N12O4/c1-26-35(22-45-42-38(26)44-13-19-59-42)54-14-12-28-21-46-43(48-33(28)25-54)47-29-8-6-27(7-9-29)20-37(57)53-17-15-52(16-18-53)30-23-55(24-30)34-5-3-4-31-39(50-51(2)40(31)34)32-10-11-36(56)49-41(32)58/h3-9,21-22,30,32,44H,10-20,23-25H2,1-2H3,(H,46,47,48)(H,49,56,58). The predicted octanol–water partition coefficient (Wildman–Crippen LogP) is 3.27. The summed E-state index contributed by atoms with van der Waals surface area (Å²) in [5, 5.41) is 15.0. The lowest BCUT2D eigenvalue weighted by molar-refractivity contribution is -0.134. The molecule has 59 heavy (non-hydrogen) atoms. The number of para-hydroxylation sites is 1. The summed E-state index contributed by atoms with van der Waals surface area (Å²) in [7, 11) is 1.92. The summed E-state index contributed by atoms with van der Waals surface area (Å²) in [6.45, 7) is 9.93. The quantitative estimate of drug-likeness (QED) is 0.196. The van der Waals surface area contributed by atoms with E-state index in [0.717, 1.165) is 107 Å². The Labute approximate surface area is 341 Å². The number of carbonyl (C=O) groups excluding carboxylic acids is 3. The van der Waals surface area contributed by atoms with Crippen molar-refractivity contribution >= 4 is 57.3 Å². The molecule has 16 heteroatoms. The Morgan fingerprint density at radius 3 is 2.59 bits per heavy atom. The van der Waals surface area contributed by atoms with Crippen LogP contribution >= 0.6 is 0 Å². The van der Waals surface area contributed by atoms with Crippen LogP contribution in [-0.2, 0) is 40.8 Å². The van der Waals surface area contributed by atoms with Gasteiger partial charge in [0, 0.05) is 94.7 Å². The fraction of sp³-hybridized carbons (Fsp3) is 0.419. The molecule has 2 aromatic carbocycles. The Balaban J connectivity index is 0.708. The lowest BCUT2D eigenvalue weighted by Crippen LogP contribution is -2.63. The van der Waals surface area contributed by atoms with E-state index >= 15 is 0 Å². The average molecular weight is 797 g/mol. The molecule has 5 aliphatic heterocycles. The SMILES string of the molecule is Cc1c(N2CCc3cnc(Nc4ccc(CC(=O)N5CCN(C6CN(c7cccc8c(C9CCC(=O)NC9=O)nn(C)c78)C6)CC5)cc4)nc3C2)cnc2c1NCCO2. The number of rotatable bonds is 8. The van der Waals surface area contributed by atoms with Gasteiger partial charge < -0.3 is 30.1 Å². The van der Waals surface area contributed by atoms with E-state index in [2.05, 4.69) is 53.6 Å². The maximum atomic E-state index is 13.4. The van der Waals surface area contributed by atoms with Gasteiger partial charge >= 0.3 is 0 Å². The smallest absolute Gasteiger partial charge is 0.237 e. The molecule has 304 valence electrons. The minimum atomic E-state index is -0.427. The highest BCUT2D eigenvalue weighted by atomic mass is 16.5. The fourth-order valence-corrected chi connectivity index (χ4v) is 9.25. The largest absolute Gasteiger partial charge is 0.474 e. The zero-order chi connectivity index (χ0) is 40.2. The molecule has 0 aliphatic carbocycles. The first-order valence-electron chi connectivity index (χ1n) is 20.6. The molecule has 3 amide bonds. The number of carbonyl (C=O) groups is 3. The van der Waals surface area contributed by atoms with Crippen LogP contribution in [0.4, 0.5) is 28.7 Å². The summed E-state index contributed by atoms with van der Waals surface area (Å²) in [6.07, 6.45) is 5.84. The molecule has 0 saturated carbocycles. The number of imide groups is 1. The van der Waals surface area contributed by atoms with E-state index in [1.165, 1.54) is 0 Å². The first-order chi connectivity index (χ1) is 28.8. The van der Waals surface area contributed by atoms with Crippen LogP contribution in [0.5, 0.6) is 5.88 Å². The Morgan fingerprint density at radius 2 is 1.78 bits per heavy atom. The van der Waals surface area contributed by atoms with Crippen LogP contribution in [0.15, 0.2) is 54.9 Å². The van der Waals surface area contributed by atoms with Gasteiger partial charge in [0.2, 0.25) is 29.5 Å². The number of fused-ring (bicyclic) bond motifs is 3. The summed E-state index contributed by atoms with van der Waals surface area (Å²) >= 11 is 0. The number of amides is 3. The number of anilines is 5. The van der Waals surface area contributed by atoms with Crippen molar-refractivity contribution in [3.05, 3.63) is 82.9 Å². The van der Waals surface area contributed by atoms with Gasteiger partial charge in [0.25, 0.3) is 0 Å². The number of nitrogens with one attached hydrogen (secondary N) is 3. The van der Waals surface area contributed by atoms with Gasteiger partial charge in [-0.1, -0.05) is 24.3 Å². The number of benzene rings is 2. The zero-order valence-electron chi connectivity index (χ0n) is 33.4. The van der Waals surface area contributed by atoms with E-state index in [4.69, 9.17) is 14.8 Å². The molecule has 5 aliphatic rings. The van der Waals surface area contributed by atoms with Gasteiger partial charge in [0.05, 0.1) is 53.4 Å². The van der Waals surface area contributed by atoms with Gasteiger partial charge in [-0.25, -0.2) is 15.0 Å². The van der Waals surface area contributed by atoms with Gasteiger partial charge in [-0.05, 0) is 49.1 Å². The Morgan fingerprint density at radius 1 is 0.949 bits per heavy atom. The zero-order valence-corrected chi connectivity index (χ0v) is 33.4. The topological polar surface area (TPSA) is 166 Å². The maximum Gasteiger partial charge on any atom is 0.237 e. The molecular weight excluding hydrogens is 749 g/mol. The van der Waals surface area contributed by atoms with Crippen LogP contribution in [0.2, 0.25) is 0 Å². The minimum Gasteiger partial charge on any atom is -0.474 e. The summed E-state index contributed by atoms with van der Waals surface area (Å²) < 4.78 is 7.60. The second kappa shape index (κ2) is 15.1. The second-order valence-corrected chi connectivity index (χ2v) is 16.2. The van der Waals surface area contributed by atoms with Gasteiger partial charge in [-0.2, -0.15) is 5.10 Å². The highest BCUT2D eigenvalue weighted by molar-refractivity contribution is 6.03. The van der Waals surface area contributed by atoms with E-state index in [1.54, 1.807) is 0 Å². The van der Waals surface area contributed by atoms with Crippen LogP contribution in [0, 0.1) is 6.92 Å². The molecule has 5 aromatic rings. The molecule has 3 N–H and O–H groups in total. The number of piperazine rings is 1. The van der Waals surface area contributed by atoms with Gasteiger partial charge in [0.1, 0.15) is 12.3 Å². The van der Waals surface area contributed by atoms with Crippen molar-refractivity contribution in [3.63, 3.8) is 0 Å². The van der Waals surface area contributed by atoms with E-state index in [1.807, 2.05) is 65.4 Å². The second-order valence-electron chi connectivity index (χ2n) is 16.2. The minimum absolute atomic E-state index is 0.144. The molecule has 8 heterocycles. The number of aryl methyl sites for hydroxylation is 1. The van der Waals surface area contributed by atoms with Crippen LogP contribution in [-0.4, -0.2) is 117 Å². The van der Waals surface area contributed by atoms with Crippen molar-refractivity contribution in [1.29, 1.82) is 0 Å². The number of aromatic nitrogens is 5. The normalized spacial score (nSPS) is 19.7. The third kappa shape index (κ3) is 7.04. The molecule has 1 atom stereocenters. The van der Waals surface area contributed by atoms with Crippen molar-refractivity contribution in [2.45, 2.75) is 51.1 Å². The van der Waals surface area contributed by atoms with Crippen molar-refractivity contribution in [1.82, 2.24) is 39.8 Å². The van der Waals surface area contributed by atoms with Crippen LogP contribution in [0.3, 0.4) is 0 Å². The number of nitrogens with zero attached hydrogens (tertiary/aromatic N) is 9. The van der Waals surface area contributed by atoms with Gasteiger partial charge in [-0.15, -0.1) is 0 Å². The monoisotopic (exact) mass is 796 g/mol. The van der Waals surface area contributed by atoms with Crippen LogP contribution in [0.1, 0.15) is 46.8 Å². The van der Waals surface area contributed by atoms with Crippen molar-refractivity contribution in [2.24, 2.45) is 7.05 Å². The molecular formula is C43H48N12O4. The van der Waals surface area contributed by atoms with Crippen LogP contribution < -0.4 is 30.5 Å². The van der Waals surface area contributed by atoms with E-state index in [-0.39, 0.29) is 17.7 Å². The molecule has 3 aromatic heterocycles. The van der Waals surface area contributed by atoms with Crippen LogP contribution in [0.25, 0.3) is 10.9 Å². The lowest BCUT2D eigenvalue weighted by atomic mass is 9.92. The molecule has 10 rings (SSSR count).